The molecule has 128 valence electrons. The fraction of sp³-hybridized carbons (Fsp3) is 0.300. The number of amides is 1. The van der Waals surface area contributed by atoms with Crippen LogP contribution < -0.4 is 0 Å². The number of carbonyl (C=O) groups is 1. The van der Waals surface area contributed by atoms with Gasteiger partial charge in [-0.25, -0.2) is 4.98 Å². The normalized spacial score (nSPS) is 17.4. The van der Waals surface area contributed by atoms with Crippen LogP contribution in [0.4, 0.5) is 0 Å². The van der Waals surface area contributed by atoms with E-state index in [2.05, 4.69) is 10.6 Å². The summed E-state index contributed by atoms with van der Waals surface area (Å²) in [6.07, 6.45) is 1.96. The standard InChI is InChI=1S/C20H20ClN3O/c1-14(25)23-12-6-11-19(23)20-22-17-9-4-5-10-18(17)24(20)13-15-7-2-3-8-16(15)21/h2-5,7-10,19H,6,11-13H2,1H3/t19-/m0/s1. The van der Waals surface area contributed by atoms with E-state index in [4.69, 9.17) is 16.6 Å². The van der Waals surface area contributed by atoms with Crippen molar-refractivity contribution in [1.29, 1.82) is 0 Å². The number of rotatable bonds is 3. The molecule has 4 rings (SSSR count). The first-order valence-corrected chi connectivity index (χ1v) is 8.98. The number of nitrogens with zero attached hydrogens (tertiary/aromatic N) is 3. The summed E-state index contributed by atoms with van der Waals surface area (Å²) in [6.45, 7) is 3.09. The Bertz CT molecular complexity index is 934. The van der Waals surface area contributed by atoms with Crippen molar-refractivity contribution in [2.24, 2.45) is 0 Å². The molecular weight excluding hydrogens is 334 g/mol. The minimum atomic E-state index is 0.0346. The van der Waals surface area contributed by atoms with Gasteiger partial charge >= 0.3 is 0 Å². The van der Waals surface area contributed by atoms with E-state index in [1.165, 1.54) is 0 Å². The van der Waals surface area contributed by atoms with Crippen LogP contribution in [-0.4, -0.2) is 26.9 Å². The molecule has 2 aromatic carbocycles. The lowest BCUT2D eigenvalue weighted by atomic mass is 10.2. The number of hydrogen-bond acceptors (Lipinski definition) is 2. The SMILES string of the molecule is CC(=O)N1CCC[C@H]1c1nc2ccccc2n1Cc1ccccc1Cl. The number of fused-ring (bicyclic) bond motifs is 1. The maximum Gasteiger partial charge on any atom is 0.220 e. The Hall–Kier alpha value is -2.33. The molecule has 1 amide bonds. The average Bonchev–Trinajstić information content (AvgIpc) is 3.22. The summed E-state index contributed by atoms with van der Waals surface area (Å²) < 4.78 is 2.21. The Kier molecular flexibility index (Phi) is 4.22. The van der Waals surface area contributed by atoms with Gasteiger partial charge < -0.3 is 9.47 Å². The van der Waals surface area contributed by atoms with Gasteiger partial charge in [0, 0.05) is 18.5 Å². The van der Waals surface area contributed by atoms with Crippen LogP contribution in [0, 0.1) is 0 Å². The number of aromatic nitrogens is 2. The Labute approximate surface area is 152 Å². The smallest absolute Gasteiger partial charge is 0.220 e. The first-order valence-electron chi connectivity index (χ1n) is 8.61. The molecule has 4 nitrogen and oxygen atoms in total. The maximum atomic E-state index is 12.0. The Morgan fingerprint density at radius 3 is 2.76 bits per heavy atom. The Morgan fingerprint density at radius 2 is 1.96 bits per heavy atom. The van der Waals surface area contributed by atoms with Crippen molar-refractivity contribution in [1.82, 2.24) is 14.5 Å². The monoisotopic (exact) mass is 353 g/mol. The van der Waals surface area contributed by atoms with E-state index in [9.17, 15) is 4.79 Å². The summed E-state index contributed by atoms with van der Waals surface area (Å²) >= 11 is 6.39. The number of hydrogen-bond donors (Lipinski definition) is 0. The molecule has 0 N–H and O–H groups in total. The van der Waals surface area contributed by atoms with E-state index in [-0.39, 0.29) is 11.9 Å². The van der Waals surface area contributed by atoms with Crippen LogP contribution in [0.5, 0.6) is 0 Å². The van der Waals surface area contributed by atoms with Crippen LogP contribution >= 0.6 is 11.6 Å². The van der Waals surface area contributed by atoms with Gasteiger partial charge in [-0.15, -0.1) is 0 Å². The quantitative estimate of drug-likeness (QED) is 0.699. The summed E-state index contributed by atoms with van der Waals surface area (Å²) in [5.41, 5.74) is 3.09. The van der Waals surface area contributed by atoms with E-state index < -0.39 is 0 Å². The molecule has 2 heterocycles. The second kappa shape index (κ2) is 6.52. The summed E-state index contributed by atoms with van der Waals surface area (Å²) in [5, 5.41) is 0.751. The summed E-state index contributed by atoms with van der Waals surface area (Å²) in [7, 11) is 0. The molecule has 3 aromatic rings. The molecule has 1 aliphatic heterocycles. The molecule has 0 unspecified atom stereocenters. The molecule has 0 radical (unpaired) electrons. The summed E-state index contributed by atoms with van der Waals surface area (Å²) in [6, 6.07) is 16.0. The van der Waals surface area contributed by atoms with Gasteiger partial charge in [0.2, 0.25) is 5.91 Å². The van der Waals surface area contributed by atoms with Crippen LogP contribution in [0.3, 0.4) is 0 Å². The molecule has 0 spiro atoms. The van der Waals surface area contributed by atoms with Crippen LogP contribution in [-0.2, 0) is 11.3 Å². The zero-order valence-corrected chi connectivity index (χ0v) is 14.9. The molecule has 1 aliphatic rings. The Balaban J connectivity index is 1.84. The number of carbonyl (C=O) groups excluding carboxylic acids is 1. The van der Waals surface area contributed by atoms with Gasteiger partial charge in [-0.2, -0.15) is 0 Å². The molecule has 0 aliphatic carbocycles. The van der Waals surface area contributed by atoms with Crippen molar-refractivity contribution >= 4 is 28.5 Å². The second-order valence-corrected chi connectivity index (χ2v) is 6.91. The zero-order valence-electron chi connectivity index (χ0n) is 14.2. The number of likely N-dealkylation sites (tertiary alicyclic amines) is 1. The first kappa shape index (κ1) is 16.2. The van der Waals surface area contributed by atoms with E-state index >= 15 is 0 Å². The fourth-order valence-corrected chi connectivity index (χ4v) is 3.92. The van der Waals surface area contributed by atoms with Gasteiger partial charge in [-0.1, -0.05) is 41.9 Å². The highest BCUT2D eigenvalue weighted by Gasteiger charge is 2.32. The molecule has 25 heavy (non-hydrogen) atoms. The zero-order chi connectivity index (χ0) is 17.4. The van der Waals surface area contributed by atoms with Gasteiger partial charge in [0.15, 0.2) is 0 Å². The van der Waals surface area contributed by atoms with Gasteiger partial charge in [0.1, 0.15) is 5.82 Å². The number of benzene rings is 2. The molecule has 1 fully saturated rings. The molecule has 1 saturated heterocycles. The fourth-order valence-electron chi connectivity index (χ4n) is 3.72. The molecular formula is C20H20ClN3O. The van der Waals surface area contributed by atoms with Crippen molar-refractivity contribution in [2.45, 2.75) is 32.4 Å². The predicted octanol–water partition coefficient (Wildman–Crippen LogP) is 4.42. The van der Waals surface area contributed by atoms with Crippen LogP contribution in [0.25, 0.3) is 11.0 Å². The van der Waals surface area contributed by atoms with Crippen molar-refractivity contribution in [3.63, 3.8) is 0 Å². The minimum absolute atomic E-state index is 0.0346. The predicted molar refractivity (Wildman–Crippen MR) is 99.6 cm³/mol. The number of para-hydroxylation sites is 2. The van der Waals surface area contributed by atoms with E-state index in [0.29, 0.717) is 6.54 Å². The molecule has 1 atom stereocenters. The third-order valence-electron chi connectivity index (χ3n) is 4.93. The first-order chi connectivity index (χ1) is 12.1. The van der Waals surface area contributed by atoms with Gasteiger partial charge in [-0.3, -0.25) is 4.79 Å². The number of halogens is 1. The van der Waals surface area contributed by atoms with E-state index in [1.54, 1.807) is 6.92 Å². The van der Waals surface area contributed by atoms with Crippen molar-refractivity contribution in [3.05, 3.63) is 64.9 Å². The molecule has 5 heteroatoms. The highest BCUT2D eigenvalue weighted by molar-refractivity contribution is 6.31. The highest BCUT2D eigenvalue weighted by Crippen LogP contribution is 2.34. The third kappa shape index (κ3) is 2.91. The molecule has 0 saturated carbocycles. The third-order valence-corrected chi connectivity index (χ3v) is 5.29. The molecule has 0 bridgehead atoms. The lowest BCUT2D eigenvalue weighted by Crippen LogP contribution is -2.30. The second-order valence-electron chi connectivity index (χ2n) is 6.51. The average molecular weight is 354 g/mol. The lowest BCUT2D eigenvalue weighted by Gasteiger charge is -2.24. The topological polar surface area (TPSA) is 38.1 Å². The minimum Gasteiger partial charge on any atom is -0.333 e. The van der Waals surface area contributed by atoms with Crippen LogP contribution in [0.15, 0.2) is 48.5 Å². The highest BCUT2D eigenvalue weighted by atomic mass is 35.5. The van der Waals surface area contributed by atoms with Crippen LogP contribution in [0.1, 0.15) is 37.2 Å². The van der Waals surface area contributed by atoms with Crippen molar-refractivity contribution < 1.29 is 4.79 Å². The largest absolute Gasteiger partial charge is 0.333 e. The molecule has 1 aromatic heterocycles. The number of imidazole rings is 1. The van der Waals surface area contributed by atoms with Gasteiger partial charge in [-0.05, 0) is 36.6 Å². The van der Waals surface area contributed by atoms with Crippen molar-refractivity contribution in [3.8, 4) is 0 Å². The van der Waals surface area contributed by atoms with Crippen LogP contribution in [0.2, 0.25) is 5.02 Å². The van der Waals surface area contributed by atoms with E-state index in [1.807, 2.05) is 47.4 Å². The van der Waals surface area contributed by atoms with Gasteiger partial charge in [0.05, 0.1) is 23.6 Å². The maximum absolute atomic E-state index is 12.0. The van der Waals surface area contributed by atoms with E-state index in [0.717, 1.165) is 46.8 Å². The van der Waals surface area contributed by atoms with Crippen molar-refractivity contribution in [2.75, 3.05) is 6.54 Å². The summed E-state index contributed by atoms with van der Waals surface area (Å²) in [5.74, 6) is 1.06. The van der Waals surface area contributed by atoms with Gasteiger partial charge in [0.25, 0.3) is 0 Å². The Morgan fingerprint density at radius 1 is 1.20 bits per heavy atom. The lowest BCUT2D eigenvalue weighted by molar-refractivity contribution is -0.129. The summed E-state index contributed by atoms with van der Waals surface area (Å²) in [4.78, 5) is 18.9.